The highest BCUT2D eigenvalue weighted by Crippen LogP contribution is 2.26. The van der Waals surface area contributed by atoms with Crippen LogP contribution in [-0.4, -0.2) is 34.6 Å². The predicted octanol–water partition coefficient (Wildman–Crippen LogP) is 6.50. The molecule has 9 heteroatoms. The maximum atomic E-state index is 14.0. The van der Waals surface area contributed by atoms with Gasteiger partial charge in [-0.1, -0.05) is 59.8 Å². The van der Waals surface area contributed by atoms with Gasteiger partial charge >= 0.3 is 0 Å². The Morgan fingerprint density at radius 1 is 1.12 bits per heavy atom. The number of amides is 2. The number of halogens is 4. The molecule has 1 atom stereocenters. The Labute approximate surface area is 213 Å². The van der Waals surface area contributed by atoms with Crippen LogP contribution in [0.15, 0.2) is 36.4 Å². The average molecular weight is 532 g/mol. The number of nitrogens with zero attached hydrogens (tertiary/aromatic N) is 1. The van der Waals surface area contributed by atoms with Gasteiger partial charge in [-0.25, -0.2) is 4.39 Å². The molecule has 3 rings (SSSR count). The molecule has 1 saturated carbocycles. The van der Waals surface area contributed by atoms with Crippen molar-refractivity contribution in [2.75, 3.05) is 5.75 Å². The number of rotatable bonds is 9. The molecule has 2 amide bonds. The van der Waals surface area contributed by atoms with E-state index < -0.39 is 11.9 Å². The lowest BCUT2D eigenvalue weighted by molar-refractivity contribution is -0.138. The molecule has 33 heavy (non-hydrogen) atoms. The highest BCUT2D eigenvalue weighted by atomic mass is 35.5. The number of carbonyl (C=O) groups excluding carboxylic acids is 2. The second-order valence-corrected chi connectivity index (χ2v) is 10.3. The second kappa shape index (κ2) is 12.3. The quantitative estimate of drug-likeness (QED) is 0.402. The summed E-state index contributed by atoms with van der Waals surface area (Å²) in [4.78, 5) is 27.6. The molecular formula is C24H26Cl3FN2O2S. The Bertz CT molecular complexity index is 981. The lowest BCUT2D eigenvalue weighted by Crippen LogP contribution is -2.50. The number of nitrogens with one attached hydrogen (secondary N) is 1. The summed E-state index contributed by atoms with van der Waals surface area (Å²) in [5.74, 6) is -0.488. The number of hydrogen-bond acceptors (Lipinski definition) is 3. The number of hydrogen-bond donors (Lipinski definition) is 1. The van der Waals surface area contributed by atoms with E-state index in [0.717, 1.165) is 31.2 Å². The summed E-state index contributed by atoms with van der Waals surface area (Å²) in [6.07, 6.45) is 4.11. The van der Waals surface area contributed by atoms with E-state index in [2.05, 4.69) is 5.32 Å². The number of thioether (sulfide) groups is 1. The highest BCUT2D eigenvalue weighted by Gasteiger charge is 2.28. The maximum Gasteiger partial charge on any atom is 0.242 e. The van der Waals surface area contributed by atoms with E-state index in [0.29, 0.717) is 20.6 Å². The fourth-order valence-electron chi connectivity index (χ4n) is 3.80. The van der Waals surface area contributed by atoms with E-state index in [9.17, 15) is 14.0 Å². The van der Waals surface area contributed by atoms with Crippen molar-refractivity contribution in [1.29, 1.82) is 0 Å². The number of benzene rings is 2. The molecule has 0 aliphatic heterocycles. The van der Waals surface area contributed by atoms with Crippen LogP contribution in [-0.2, 0) is 21.9 Å². The van der Waals surface area contributed by atoms with Gasteiger partial charge in [0.25, 0.3) is 0 Å². The molecular weight excluding hydrogens is 506 g/mol. The maximum absolute atomic E-state index is 14.0. The van der Waals surface area contributed by atoms with E-state index in [4.69, 9.17) is 34.8 Å². The average Bonchev–Trinajstić information content (AvgIpc) is 3.29. The summed E-state index contributed by atoms with van der Waals surface area (Å²) in [6.45, 7) is 1.92. The summed E-state index contributed by atoms with van der Waals surface area (Å²) in [5.41, 5.74) is 1.13. The fourth-order valence-corrected chi connectivity index (χ4v) is 5.37. The SMILES string of the molecule is C[C@H](C(=O)NC1CCCC1)N(Cc1ccc(Cl)c(Cl)c1)C(=O)CSCc1c(F)cccc1Cl. The summed E-state index contributed by atoms with van der Waals surface area (Å²) in [6, 6.07) is 9.12. The molecule has 0 aromatic heterocycles. The third-order valence-electron chi connectivity index (χ3n) is 5.74. The van der Waals surface area contributed by atoms with Gasteiger partial charge in [0.2, 0.25) is 11.8 Å². The van der Waals surface area contributed by atoms with Gasteiger partial charge in [-0.3, -0.25) is 9.59 Å². The molecule has 1 N–H and O–H groups in total. The van der Waals surface area contributed by atoms with Crippen molar-refractivity contribution < 1.29 is 14.0 Å². The van der Waals surface area contributed by atoms with E-state index >= 15 is 0 Å². The Balaban J connectivity index is 1.70. The molecule has 0 spiro atoms. The molecule has 0 unspecified atom stereocenters. The minimum Gasteiger partial charge on any atom is -0.352 e. The first-order chi connectivity index (χ1) is 15.8. The van der Waals surface area contributed by atoms with Gasteiger partial charge < -0.3 is 10.2 Å². The lowest BCUT2D eigenvalue weighted by Gasteiger charge is -2.30. The Morgan fingerprint density at radius 2 is 1.85 bits per heavy atom. The van der Waals surface area contributed by atoms with Crippen LogP contribution in [0, 0.1) is 5.82 Å². The van der Waals surface area contributed by atoms with E-state index in [1.165, 1.54) is 22.7 Å². The van der Waals surface area contributed by atoms with Gasteiger partial charge in [0, 0.05) is 28.9 Å². The molecule has 2 aromatic carbocycles. The van der Waals surface area contributed by atoms with Crippen LogP contribution in [0.5, 0.6) is 0 Å². The molecule has 178 valence electrons. The van der Waals surface area contributed by atoms with Crippen LogP contribution in [0.4, 0.5) is 4.39 Å². The first kappa shape index (κ1) is 26.1. The van der Waals surface area contributed by atoms with Gasteiger partial charge in [-0.15, -0.1) is 11.8 Å². The third kappa shape index (κ3) is 7.25. The van der Waals surface area contributed by atoms with Gasteiger partial charge in [-0.05, 0) is 49.6 Å². The summed E-state index contributed by atoms with van der Waals surface area (Å²) in [7, 11) is 0. The standard InChI is InChI=1S/C24H26Cl3FN2O2S/c1-15(24(32)29-17-5-2-3-6-17)30(12-16-9-10-20(26)21(27)11-16)23(31)14-33-13-18-19(25)7-4-8-22(18)28/h4,7-11,15,17H,2-3,5-6,12-14H2,1H3,(H,29,32)/t15-/m1/s1. The largest absolute Gasteiger partial charge is 0.352 e. The molecule has 0 saturated heterocycles. The van der Waals surface area contributed by atoms with E-state index in [1.807, 2.05) is 0 Å². The lowest BCUT2D eigenvalue weighted by atomic mass is 10.1. The molecule has 2 aromatic rings. The van der Waals surface area contributed by atoms with Crippen LogP contribution in [0.25, 0.3) is 0 Å². The van der Waals surface area contributed by atoms with Gasteiger partial charge in [0.05, 0.1) is 15.8 Å². The van der Waals surface area contributed by atoms with Crippen LogP contribution in [0.2, 0.25) is 15.1 Å². The van der Waals surface area contributed by atoms with Crippen LogP contribution in [0.1, 0.15) is 43.7 Å². The zero-order valence-electron chi connectivity index (χ0n) is 18.3. The Hall–Kier alpha value is -1.47. The van der Waals surface area contributed by atoms with Crippen molar-refractivity contribution in [3.8, 4) is 0 Å². The Kier molecular flexibility index (Phi) is 9.74. The monoisotopic (exact) mass is 530 g/mol. The zero-order valence-corrected chi connectivity index (χ0v) is 21.3. The highest BCUT2D eigenvalue weighted by molar-refractivity contribution is 7.99. The summed E-state index contributed by atoms with van der Waals surface area (Å²) in [5, 5.41) is 4.19. The van der Waals surface area contributed by atoms with Crippen LogP contribution >= 0.6 is 46.6 Å². The summed E-state index contributed by atoms with van der Waals surface area (Å²) >= 11 is 19.5. The minimum atomic E-state index is -0.676. The smallest absolute Gasteiger partial charge is 0.242 e. The second-order valence-electron chi connectivity index (χ2n) is 8.13. The van der Waals surface area contributed by atoms with Crippen molar-refractivity contribution in [2.45, 2.75) is 57.0 Å². The molecule has 1 fully saturated rings. The predicted molar refractivity (Wildman–Crippen MR) is 134 cm³/mol. The molecule has 0 radical (unpaired) electrons. The van der Waals surface area contributed by atoms with Crippen molar-refractivity contribution in [2.24, 2.45) is 0 Å². The summed E-state index contributed by atoms with van der Waals surface area (Å²) < 4.78 is 14.0. The van der Waals surface area contributed by atoms with Crippen LogP contribution in [0.3, 0.4) is 0 Å². The van der Waals surface area contributed by atoms with Gasteiger partial charge in [0.15, 0.2) is 0 Å². The minimum absolute atomic E-state index is 0.0764. The van der Waals surface area contributed by atoms with Crippen molar-refractivity contribution in [3.05, 3.63) is 68.4 Å². The van der Waals surface area contributed by atoms with E-state index in [1.54, 1.807) is 37.3 Å². The molecule has 0 bridgehead atoms. The molecule has 4 nitrogen and oxygen atoms in total. The van der Waals surface area contributed by atoms with E-state index in [-0.39, 0.29) is 35.9 Å². The molecule has 1 aliphatic rings. The van der Waals surface area contributed by atoms with Crippen molar-refractivity contribution in [1.82, 2.24) is 10.2 Å². The first-order valence-corrected chi connectivity index (χ1v) is 13.1. The van der Waals surface area contributed by atoms with Gasteiger partial charge in [-0.2, -0.15) is 0 Å². The normalized spacial score (nSPS) is 14.8. The molecule has 1 aliphatic carbocycles. The molecule has 0 heterocycles. The fraction of sp³-hybridized carbons (Fsp3) is 0.417. The van der Waals surface area contributed by atoms with Crippen LogP contribution < -0.4 is 5.32 Å². The number of carbonyl (C=O) groups is 2. The Morgan fingerprint density at radius 3 is 2.52 bits per heavy atom. The van der Waals surface area contributed by atoms with Crippen molar-refractivity contribution in [3.63, 3.8) is 0 Å². The van der Waals surface area contributed by atoms with Gasteiger partial charge in [0.1, 0.15) is 11.9 Å². The first-order valence-electron chi connectivity index (χ1n) is 10.8. The zero-order chi connectivity index (χ0) is 24.0. The topological polar surface area (TPSA) is 49.4 Å². The third-order valence-corrected chi connectivity index (χ3v) is 7.78. The van der Waals surface area contributed by atoms with Crippen molar-refractivity contribution >= 4 is 58.4 Å².